The molecule has 1 N–H and O–H groups in total. The average molecular weight is 977 g/mol. The van der Waals surface area contributed by atoms with Gasteiger partial charge in [0, 0.05) is 56.9 Å². The Labute approximate surface area is 439 Å². The molecule has 73 heavy (non-hydrogen) atoms. The summed E-state index contributed by atoms with van der Waals surface area (Å²) in [4.78, 5) is 21.0. The summed E-state index contributed by atoms with van der Waals surface area (Å²) in [6.45, 7) is 29.1. The number of carbonyl (C=O) groups is 1. The highest BCUT2D eigenvalue weighted by molar-refractivity contribution is 5.95. The molecular weight excluding hydrogens is 893 g/mol. The molecule has 10 rings (SSSR count). The molecule has 0 fully saturated rings. The zero-order valence-corrected chi connectivity index (χ0v) is 46.4. The molecular formula is C67H84N4O2. The highest BCUT2D eigenvalue weighted by Crippen LogP contribution is 2.45. The van der Waals surface area contributed by atoms with Crippen LogP contribution in [0.25, 0.3) is 10.9 Å². The van der Waals surface area contributed by atoms with E-state index in [-0.39, 0.29) is 11.3 Å². The second-order valence-electron chi connectivity index (χ2n) is 22.4. The molecule has 3 aliphatic heterocycles. The number of ether oxygens (including phenoxy) is 1. The van der Waals surface area contributed by atoms with Gasteiger partial charge >= 0.3 is 0 Å². The summed E-state index contributed by atoms with van der Waals surface area (Å²) >= 11 is 0. The molecule has 6 nitrogen and oxygen atoms in total. The summed E-state index contributed by atoms with van der Waals surface area (Å²) in [5, 5.41) is 4.88. The quantitative estimate of drug-likeness (QED) is 0.164. The van der Waals surface area contributed by atoms with Crippen molar-refractivity contribution in [3.63, 3.8) is 0 Å². The Morgan fingerprint density at radius 2 is 1.38 bits per heavy atom. The van der Waals surface area contributed by atoms with Crippen molar-refractivity contribution in [1.82, 2.24) is 9.88 Å². The number of aryl methyl sites for hydroxylation is 1. The number of benzene rings is 6. The molecule has 1 amide bonds. The van der Waals surface area contributed by atoms with Crippen LogP contribution in [-0.4, -0.2) is 42.5 Å². The Hall–Kier alpha value is -6.24. The lowest BCUT2D eigenvalue weighted by atomic mass is 9.72. The van der Waals surface area contributed by atoms with E-state index in [1.807, 2.05) is 31.0 Å². The Bertz CT molecular complexity index is 2910. The number of hydrogen-bond donors (Lipinski definition) is 1. The van der Waals surface area contributed by atoms with Gasteiger partial charge in [-0.25, -0.2) is 0 Å². The number of fused-ring (bicyclic) bond motifs is 4. The summed E-state index contributed by atoms with van der Waals surface area (Å²) < 4.78 is 5.67. The van der Waals surface area contributed by atoms with Crippen LogP contribution in [0.5, 0.6) is 5.75 Å². The minimum Gasteiger partial charge on any atom is -0.495 e. The van der Waals surface area contributed by atoms with Gasteiger partial charge in [-0.15, -0.1) is 0 Å². The number of methoxy groups -OCH3 is 1. The number of nitrogens with one attached hydrogen (secondary N) is 1. The number of anilines is 2. The van der Waals surface area contributed by atoms with Gasteiger partial charge in [0.25, 0.3) is 0 Å². The molecule has 0 saturated heterocycles. The minimum atomic E-state index is 0.0833. The van der Waals surface area contributed by atoms with Gasteiger partial charge in [-0.2, -0.15) is 0 Å². The highest BCUT2D eigenvalue weighted by atomic mass is 16.5. The molecule has 0 saturated carbocycles. The first-order valence-electron chi connectivity index (χ1n) is 27.2. The SMILES string of the molecule is CC.CC(C)(C)c1ccnc2ccc(Cc3ccccc3)cc12.CCC1CCN(C(C)=O)c2c(OC)cc(Cc3ccccc3)cc21.Cc1ccc2c(c1)CN(Cc1ccc3c(c1)C(C(C)(C)C)CCN3)CC2. The molecule has 7 aromatic rings. The Balaban J connectivity index is 0.000000158. The topological polar surface area (TPSA) is 57.7 Å². The summed E-state index contributed by atoms with van der Waals surface area (Å²) in [6.07, 6.45) is 8.26. The first kappa shape index (κ1) is 54.5. The van der Waals surface area contributed by atoms with Gasteiger partial charge in [0.15, 0.2) is 0 Å². The summed E-state index contributed by atoms with van der Waals surface area (Å²) in [7, 11) is 1.69. The number of rotatable bonds is 8. The van der Waals surface area contributed by atoms with Crippen molar-refractivity contribution < 1.29 is 9.53 Å². The smallest absolute Gasteiger partial charge is 0.223 e. The number of aromatic nitrogens is 1. The second kappa shape index (κ2) is 24.7. The Kier molecular flexibility index (Phi) is 18.4. The Morgan fingerprint density at radius 3 is 2.03 bits per heavy atom. The lowest BCUT2D eigenvalue weighted by molar-refractivity contribution is -0.116. The predicted octanol–water partition coefficient (Wildman–Crippen LogP) is 16.2. The molecule has 384 valence electrons. The molecule has 4 heterocycles. The summed E-state index contributed by atoms with van der Waals surface area (Å²) in [6, 6.07) is 48.2. The average Bonchev–Trinajstić information content (AvgIpc) is 3.38. The summed E-state index contributed by atoms with van der Waals surface area (Å²) in [5.41, 5.74) is 19.1. The molecule has 0 spiro atoms. The molecule has 2 unspecified atom stereocenters. The van der Waals surface area contributed by atoms with E-state index in [9.17, 15) is 4.79 Å². The third-order valence-corrected chi connectivity index (χ3v) is 14.9. The van der Waals surface area contributed by atoms with Crippen LogP contribution in [-0.2, 0) is 42.6 Å². The fraction of sp³-hybridized carbons (Fsp3) is 0.403. The molecule has 2 atom stereocenters. The molecule has 6 aromatic carbocycles. The monoisotopic (exact) mass is 977 g/mol. The summed E-state index contributed by atoms with van der Waals surface area (Å²) in [5.74, 6) is 2.02. The van der Waals surface area contributed by atoms with Crippen molar-refractivity contribution in [2.45, 2.75) is 145 Å². The number of pyridine rings is 1. The van der Waals surface area contributed by atoms with E-state index in [1.54, 1.807) is 14.0 Å². The van der Waals surface area contributed by atoms with E-state index in [2.05, 4.69) is 198 Å². The third-order valence-electron chi connectivity index (χ3n) is 14.9. The van der Waals surface area contributed by atoms with Gasteiger partial charge in [0.05, 0.1) is 18.3 Å². The third kappa shape index (κ3) is 13.9. The van der Waals surface area contributed by atoms with Crippen LogP contribution in [0.2, 0.25) is 0 Å². The van der Waals surface area contributed by atoms with Crippen molar-refractivity contribution in [2.24, 2.45) is 5.41 Å². The van der Waals surface area contributed by atoms with Crippen LogP contribution in [0, 0.1) is 12.3 Å². The second-order valence-corrected chi connectivity index (χ2v) is 22.4. The number of hydrogen-bond acceptors (Lipinski definition) is 5. The maximum absolute atomic E-state index is 12.1. The maximum atomic E-state index is 12.1. The van der Waals surface area contributed by atoms with Gasteiger partial charge in [0.2, 0.25) is 5.91 Å². The van der Waals surface area contributed by atoms with E-state index < -0.39 is 0 Å². The maximum Gasteiger partial charge on any atom is 0.223 e. The molecule has 6 heteroatoms. The van der Waals surface area contributed by atoms with Crippen molar-refractivity contribution in [2.75, 3.05) is 37.0 Å². The number of amides is 1. The molecule has 3 aliphatic rings. The zero-order valence-electron chi connectivity index (χ0n) is 46.4. The predicted molar refractivity (Wildman–Crippen MR) is 310 cm³/mol. The van der Waals surface area contributed by atoms with Crippen molar-refractivity contribution in [3.05, 3.63) is 201 Å². The zero-order chi connectivity index (χ0) is 52.3. The van der Waals surface area contributed by atoms with Crippen LogP contribution >= 0.6 is 0 Å². The van der Waals surface area contributed by atoms with Crippen LogP contribution < -0.4 is 15.0 Å². The fourth-order valence-corrected chi connectivity index (χ4v) is 11.2. The van der Waals surface area contributed by atoms with E-state index >= 15 is 0 Å². The standard InChI is InChI=1S/C24H32N2.C21H25NO2.C20H21N.C2H6/c1-17-5-7-19-10-12-26(16-20(19)13-17)15-18-6-8-23-21(14-18)22(9-11-25-23)24(2,3)4;1-4-18-10-11-22(15(2)23)21-19(18)13-17(14-20(21)24-3)12-16-8-6-5-7-9-16;1-20(2,3)18-11-12-21-19-10-9-16(14-17(18)19)13-15-7-5-4-6-8-15;1-2/h5-8,13-14,22,25H,9-12,15-16H2,1-4H3;5-9,13-14,18H,4,10-12H2,1-3H3;4-12,14H,13H2,1-3H3;1-2H3. The fourth-order valence-electron chi connectivity index (χ4n) is 11.2. The Morgan fingerprint density at radius 1 is 0.712 bits per heavy atom. The van der Waals surface area contributed by atoms with E-state index in [0.717, 1.165) is 75.4 Å². The van der Waals surface area contributed by atoms with Gasteiger partial charge in [-0.1, -0.05) is 171 Å². The number of carbonyl (C=O) groups excluding carboxylic acids is 1. The lowest BCUT2D eigenvalue weighted by Gasteiger charge is -2.37. The molecule has 0 radical (unpaired) electrons. The highest BCUT2D eigenvalue weighted by Gasteiger charge is 2.32. The first-order valence-corrected chi connectivity index (χ1v) is 27.2. The van der Waals surface area contributed by atoms with Gasteiger partial charge in [-0.3, -0.25) is 14.7 Å². The largest absolute Gasteiger partial charge is 0.495 e. The molecule has 1 aromatic heterocycles. The molecule has 0 aliphatic carbocycles. The van der Waals surface area contributed by atoms with Crippen molar-refractivity contribution in [1.29, 1.82) is 0 Å². The van der Waals surface area contributed by atoms with E-state index in [1.165, 1.54) is 85.1 Å². The van der Waals surface area contributed by atoms with E-state index in [4.69, 9.17) is 4.74 Å². The normalized spacial score (nSPS) is 16.1. The van der Waals surface area contributed by atoms with Crippen LogP contribution in [0.3, 0.4) is 0 Å². The van der Waals surface area contributed by atoms with Crippen LogP contribution in [0.1, 0.15) is 162 Å². The van der Waals surface area contributed by atoms with Crippen molar-refractivity contribution >= 4 is 28.2 Å². The van der Waals surface area contributed by atoms with Gasteiger partial charge < -0.3 is 15.0 Å². The van der Waals surface area contributed by atoms with Gasteiger partial charge in [-0.05, 0) is 154 Å². The molecule has 0 bridgehead atoms. The lowest BCUT2D eigenvalue weighted by Crippen LogP contribution is -2.35. The van der Waals surface area contributed by atoms with Crippen molar-refractivity contribution in [3.8, 4) is 5.75 Å². The first-order chi connectivity index (χ1) is 35.1. The van der Waals surface area contributed by atoms with Crippen LogP contribution in [0.15, 0.2) is 140 Å². The number of nitrogens with zero attached hydrogens (tertiary/aromatic N) is 3. The minimum absolute atomic E-state index is 0.0833. The van der Waals surface area contributed by atoms with Gasteiger partial charge in [0.1, 0.15) is 5.75 Å². The van der Waals surface area contributed by atoms with E-state index in [0.29, 0.717) is 17.3 Å². The van der Waals surface area contributed by atoms with Crippen LogP contribution in [0.4, 0.5) is 11.4 Å².